The zero-order valence-electron chi connectivity index (χ0n) is 11.9. The van der Waals surface area contributed by atoms with Crippen molar-refractivity contribution in [3.05, 3.63) is 28.9 Å². The van der Waals surface area contributed by atoms with Crippen molar-refractivity contribution in [2.24, 2.45) is 0 Å². The highest BCUT2D eigenvalue weighted by atomic mass is 35.5. The first-order chi connectivity index (χ1) is 10.5. The molecule has 0 radical (unpaired) electrons. The van der Waals surface area contributed by atoms with Crippen LogP contribution >= 0.6 is 11.6 Å². The molecule has 1 fully saturated rings. The SMILES string of the molecule is CN1CCN(C(=O)C(=O)c2c[nH]c3c(Cl)ncc(F)c23)CC1. The van der Waals surface area contributed by atoms with E-state index in [2.05, 4.69) is 14.9 Å². The molecular formula is C14H14ClFN4O2. The van der Waals surface area contributed by atoms with Crippen LogP contribution in [-0.4, -0.2) is 64.7 Å². The maximum absolute atomic E-state index is 14.0. The van der Waals surface area contributed by atoms with Crippen molar-refractivity contribution >= 4 is 34.2 Å². The van der Waals surface area contributed by atoms with Crippen LogP contribution in [-0.2, 0) is 4.79 Å². The fourth-order valence-corrected chi connectivity index (χ4v) is 2.72. The minimum absolute atomic E-state index is 0.00692. The standard InChI is InChI=1S/C14H14ClFN4O2/c1-19-2-4-20(5-3-19)14(22)12(21)8-6-17-11-10(8)9(16)7-18-13(11)15/h6-7,17H,2-5H2,1H3. The molecule has 1 amide bonds. The van der Waals surface area contributed by atoms with Gasteiger partial charge in [0.1, 0.15) is 0 Å². The number of carbonyl (C=O) groups excluding carboxylic acids is 2. The minimum atomic E-state index is -0.739. The Kier molecular flexibility index (Phi) is 3.84. The number of hydrogen-bond acceptors (Lipinski definition) is 4. The van der Waals surface area contributed by atoms with E-state index in [-0.39, 0.29) is 21.6 Å². The molecule has 6 nitrogen and oxygen atoms in total. The molecule has 0 unspecified atom stereocenters. The van der Waals surface area contributed by atoms with E-state index in [1.165, 1.54) is 11.1 Å². The average Bonchev–Trinajstić information content (AvgIpc) is 2.96. The molecule has 3 rings (SSSR count). The first kappa shape index (κ1) is 14.9. The molecule has 116 valence electrons. The van der Waals surface area contributed by atoms with Gasteiger partial charge in [0.15, 0.2) is 11.0 Å². The lowest BCUT2D eigenvalue weighted by atomic mass is 10.1. The van der Waals surface area contributed by atoms with Gasteiger partial charge in [0.05, 0.1) is 22.7 Å². The molecule has 1 saturated heterocycles. The zero-order valence-corrected chi connectivity index (χ0v) is 12.7. The number of aromatic amines is 1. The van der Waals surface area contributed by atoms with Crippen molar-refractivity contribution in [2.75, 3.05) is 33.2 Å². The fourth-order valence-electron chi connectivity index (χ4n) is 2.52. The van der Waals surface area contributed by atoms with Crippen LogP contribution in [0.2, 0.25) is 5.15 Å². The Morgan fingerprint density at radius 1 is 1.32 bits per heavy atom. The van der Waals surface area contributed by atoms with E-state index in [0.717, 1.165) is 6.20 Å². The van der Waals surface area contributed by atoms with Crippen LogP contribution in [0.5, 0.6) is 0 Å². The van der Waals surface area contributed by atoms with E-state index < -0.39 is 17.5 Å². The molecule has 0 saturated carbocycles. The predicted octanol–water partition coefficient (Wildman–Crippen LogP) is 1.31. The molecular weight excluding hydrogens is 311 g/mol. The number of aromatic nitrogens is 2. The first-order valence-corrected chi connectivity index (χ1v) is 7.20. The Morgan fingerprint density at radius 2 is 2.00 bits per heavy atom. The third kappa shape index (κ3) is 2.46. The van der Waals surface area contributed by atoms with Crippen molar-refractivity contribution in [2.45, 2.75) is 0 Å². The zero-order chi connectivity index (χ0) is 15.9. The van der Waals surface area contributed by atoms with E-state index in [1.54, 1.807) is 0 Å². The monoisotopic (exact) mass is 324 g/mol. The summed E-state index contributed by atoms with van der Waals surface area (Å²) in [6, 6.07) is 0. The van der Waals surface area contributed by atoms with Crippen molar-refractivity contribution in [1.29, 1.82) is 0 Å². The summed E-state index contributed by atoms with van der Waals surface area (Å²) in [7, 11) is 1.95. The number of nitrogens with one attached hydrogen (secondary N) is 1. The lowest BCUT2D eigenvalue weighted by molar-refractivity contribution is -0.127. The Hall–Kier alpha value is -1.99. The summed E-state index contributed by atoms with van der Waals surface area (Å²) >= 11 is 5.87. The van der Waals surface area contributed by atoms with Gasteiger partial charge in [-0.15, -0.1) is 0 Å². The number of piperazine rings is 1. The van der Waals surface area contributed by atoms with Gasteiger partial charge in [0.2, 0.25) is 0 Å². The quantitative estimate of drug-likeness (QED) is 0.514. The highest BCUT2D eigenvalue weighted by Crippen LogP contribution is 2.26. The van der Waals surface area contributed by atoms with Gasteiger partial charge in [-0.2, -0.15) is 0 Å². The smallest absolute Gasteiger partial charge is 0.295 e. The summed E-state index contributed by atoms with van der Waals surface area (Å²) in [5, 5.41) is 0.0648. The third-order valence-corrected chi connectivity index (χ3v) is 4.13. The van der Waals surface area contributed by atoms with Gasteiger partial charge in [0, 0.05) is 32.4 Å². The Morgan fingerprint density at radius 3 is 2.68 bits per heavy atom. The molecule has 1 aliphatic rings. The molecule has 2 aromatic heterocycles. The van der Waals surface area contributed by atoms with Crippen molar-refractivity contribution in [3.8, 4) is 0 Å². The van der Waals surface area contributed by atoms with E-state index in [1.807, 2.05) is 7.05 Å². The van der Waals surface area contributed by atoms with Crippen LogP contribution < -0.4 is 0 Å². The highest BCUT2D eigenvalue weighted by Gasteiger charge is 2.28. The van der Waals surface area contributed by atoms with Crippen LogP contribution in [0.4, 0.5) is 4.39 Å². The number of ketones is 1. The number of pyridine rings is 1. The lowest BCUT2D eigenvalue weighted by Crippen LogP contribution is -2.49. The molecule has 1 N–H and O–H groups in total. The summed E-state index contributed by atoms with van der Waals surface area (Å²) in [4.78, 5) is 34.7. The molecule has 8 heteroatoms. The highest BCUT2D eigenvalue weighted by molar-refractivity contribution is 6.45. The second-order valence-electron chi connectivity index (χ2n) is 5.27. The predicted molar refractivity (Wildman–Crippen MR) is 79.5 cm³/mol. The Balaban J connectivity index is 1.92. The number of amides is 1. The number of rotatable bonds is 2. The van der Waals surface area contributed by atoms with Gasteiger partial charge in [-0.1, -0.05) is 11.6 Å². The number of fused-ring (bicyclic) bond motifs is 1. The number of nitrogens with zero attached hydrogens (tertiary/aromatic N) is 3. The summed E-state index contributed by atoms with van der Waals surface area (Å²) in [5.74, 6) is -2.05. The van der Waals surface area contributed by atoms with E-state index >= 15 is 0 Å². The maximum Gasteiger partial charge on any atom is 0.295 e. The molecule has 3 heterocycles. The van der Waals surface area contributed by atoms with Gasteiger partial charge in [-0.05, 0) is 7.05 Å². The fraction of sp³-hybridized carbons (Fsp3) is 0.357. The van der Waals surface area contributed by atoms with Gasteiger partial charge in [-0.25, -0.2) is 9.37 Å². The Bertz CT molecular complexity index is 753. The maximum atomic E-state index is 14.0. The molecule has 0 bridgehead atoms. The van der Waals surface area contributed by atoms with Gasteiger partial charge in [-0.3, -0.25) is 9.59 Å². The normalized spacial score (nSPS) is 16.2. The largest absolute Gasteiger partial charge is 0.358 e. The topological polar surface area (TPSA) is 69.3 Å². The summed E-state index contributed by atoms with van der Waals surface area (Å²) in [5.41, 5.74) is 0.205. The summed E-state index contributed by atoms with van der Waals surface area (Å²) in [6.07, 6.45) is 2.24. The lowest BCUT2D eigenvalue weighted by Gasteiger charge is -2.31. The first-order valence-electron chi connectivity index (χ1n) is 6.82. The second kappa shape index (κ2) is 5.66. The van der Waals surface area contributed by atoms with Crippen LogP contribution in [0.25, 0.3) is 10.9 Å². The van der Waals surface area contributed by atoms with E-state index in [0.29, 0.717) is 26.2 Å². The summed E-state index contributed by atoms with van der Waals surface area (Å²) in [6.45, 7) is 2.37. The van der Waals surface area contributed by atoms with Gasteiger partial charge < -0.3 is 14.8 Å². The number of hydrogen-bond donors (Lipinski definition) is 1. The van der Waals surface area contributed by atoms with Crippen molar-refractivity contribution in [1.82, 2.24) is 19.8 Å². The van der Waals surface area contributed by atoms with Crippen LogP contribution in [0.15, 0.2) is 12.4 Å². The van der Waals surface area contributed by atoms with Crippen LogP contribution in [0, 0.1) is 5.82 Å². The van der Waals surface area contributed by atoms with Crippen LogP contribution in [0.1, 0.15) is 10.4 Å². The molecule has 0 atom stereocenters. The molecule has 1 aliphatic heterocycles. The number of likely N-dealkylation sites (N-methyl/N-ethyl adjacent to an activating group) is 1. The second-order valence-corrected chi connectivity index (χ2v) is 5.63. The molecule has 22 heavy (non-hydrogen) atoms. The summed E-state index contributed by atoms with van der Waals surface area (Å²) < 4.78 is 14.0. The average molecular weight is 325 g/mol. The minimum Gasteiger partial charge on any atom is -0.358 e. The van der Waals surface area contributed by atoms with Gasteiger partial charge >= 0.3 is 0 Å². The van der Waals surface area contributed by atoms with Gasteiger partial charge in [0.25, 0.3) is 11.7 Å². The molecule has 0 aliphatic carbocycles. The molecule has 2 aromatic rings. The number of Topliss-reactive ketones (excluding diaryl/α,β-unsaturated/α-hetero) is 1. The molecule has 0 spiro atoms. The van der Waals surface area contributed by atoms with Crippen LogP contribution in [0.3, 0.4) is 0 Å². The third-order valence-electron chi connectivity index (χ3n) is 3.85. The molecule has 0 aromatic carbocycles. The van der Waals surface area contributed by atoms with Crippen molar-refractivity contribution < 1.29 is 14.0 Å². The number of H-pyrrole nitrogens is 1. The number of halogens is 2. The van der Waals surface area contributed by atoms with E-state index in [4.69, 9.17) is 11.6 Å². The van der Waals surface area contributed by atoms with Crippen molar-refractivity contribution in [3.63, 3.8) is 0 Å². The van der Waals surface area contributed by atoms with E-state index in [9.17, 15) is 14.0 Å². The Labute approximate surface area is 130 Å². The number of carbonyl (C=O) groups is 2.